The van der Waals surface area contributed by atoms with Gasteiger partial charge in [-0.25, -0.2) is 27.5 Å². The Kier molecular flexibility index (Phi) is 10.4. The minimum absolute atomic E-state index is 0. The van der Waals surface area contributed by atoms with Crippen LogP contribution in [0.3, 0.4) is 0 Å². The molecule has 7 nitrogen and oxygen atoms in total. The Hall–Kier alpha value is -5.27. The first-order valence-corrected chi connectivity index (χ1v) is 14.6. The van der Waals surface area contributed by atoms with E-state index < -0.39 is 23.3 Å². The van der Waals surface area contributed by atoms with E-state index in [-0.39, 0.29) is 75.5 Å². The third-order valence-corrected chi connectivity index (χ3v) is 7.39. The van der Waals surface area contributed by atoms with Crippen molar-refractivity contribution in [2.45, 2.75) is 0 Å². The Bertz CT molecular complexity index is 2380. The number of fused-ring (bicyclic) bond motifs is 3. The third-order valence-electron chi connectivity index (χ3n) is 7.39. The van der Waals surface area contributed by atoms with E-state index >= 15 is 0 Å². The van der Waals surface area contributed by atoms with E-state index in [1.54, 1.807) is 71.6 Å². The van der Waals surface area contributed by atoms with Crippen molar-refractivity contribution < 1.29 is 68.5 Å². The second kappa shape index (κ2) is 14.9. The average Bonchev–Trinajstić information content (AvgIpc) is 3.41. The normalized spacial score (nSPS) is 10.8. The van der Waals surface area contributed by atoms with Crippen molar-refractivity contribution in [3.63, 3.8) is 0 Å². The van der Waals surface area contributed by atoms with Gasteiger partial charge in [-0.1, -0.05) is 23.2 Å². The van der Waals surface area contributed by atoms with Crippen LogP contribution in [0, 0.1) is 47.5 Å². The zero-order valence-electron chi connectivity index (χ0n) is 25.5. The van der Waals surface area contributed by atoms with Crippen LogP contribution >= 0.6 is 0 Å². The van der Waals surface area contributed by atoms with Crippen molar-refractivity contribution in [3.8, 4) is 51.5 Å². The number of aromatic nitrogens is 5. The Morgan fingerprint density at radius 2 is 0.980 bits per heavy atom. The molecular weight excluding hydrogens is 936 g/mol. The van der Waals surface area contributed by atoms with E-state index in [9.17, 15) is 17.6 Å². The van der Waals surface area contributed by atoms with E-state index in [1.807, 2.05) is 12.1 Å². The summed E-state index contributed by atoms with van der Waals surface area (Å²) in [4.78, 5) is 16.6. The monoisotopic (exact) mass is 952 g/mol. The molecule has 0 saturated carbocycles. The molecule has 0 atom stereocenters. The van der Waals surface area contributed by atoms with Gasteiger partial charge in [0, 0.05) is 58.9 Å². The van der Waals surface area contributed by atoms with Crippen LogP contribution in [0.15, 0.2) is 104 Å². The van der Waals surface area contributed by atoms with Gasteiger partial charge in [0.15, 0.2) is 0 Å². The summed E-state index contributed by atoms with van der Waals surface area (Å²) in [6, 6.07) is 32.6. The number of hydrogen-bond acceptors (Lipinski definition) is 6. The number of ether oxygens (including phenoxy) is 2. The Labute approximate surface area is 315 Å². The molecule has 8 rings (SSSR count). The van der Waals surface area contributed by atoms with Gasteiger partial charge in [-0.2, -0.15) is 22.9 Å². The van der Waals surface area contributed by atoms with E-state index in [1.165, 1.54) is 0 Å². The molecule has 0 N–H and O–H groups in total. The standard InChI is InChI=1S/C38H17F4N5O2.Pd.Pt/c39-24-16-32(41)36(45-20-24)22-4-1-6-26(14-22)48-28-8-10-30-31-11-9-29(19-35(31)47(34(30)18-28)38-43-12-3-13-44-38)49-27-7-2-5-23(15-27)37-33(42)17-25(40)21-46-37;;/h1-13,16-17,20-21H;;/q-4;2*+2. The molecule has 0 spiro atoms. The smallest absolute Gasteiger partial charge is 0.503 e. The maximum Gasteiger partial charge on any atom is 2.00 e. The molecule has 13 heteroatoms. The number of nitrogens with zero attached hydrogens (tertiary/aromatic N) is 5. The molecule has 0 aliphatic heterocycles. The molecule has 4 aromatic carbocycles. The predicted molar refractivity (Wildman–Crippen MR) is 171 cm³/mol. The van der Waals surface area contributed by atoms with E-state index in [0.29, 0.717) is 28.5 Å². The van der Waals surface area contributed by atoms with Gasteiger partial charge in [0.2, 0.25) is 5.95 Å². The molecule has 0 amide bonds. The molecule has 51 heavy (non-hydrogen) atoms. The van der Waals surface area contributed by atoms with Gasteiger partial charge in [-0.15, -0.1) is 71.8 Å². The van der Waals surface area contributed by atoms with Crippen LogP contribution in [-0.4, -0.2) is 24.5 Å². The fourth-order valence-corrected chi connectivity index (χ4v) is 5.31. The summed E-state index contributed by atoms with van der Waals surface area (Å²) in [7, 11) is 0. The average molecular weight is 953 g/mol. The number of benzene rings is 4. The number of rotatable bonds is 7. The van der Waals surface area contributed by atoms with Crippen LogP contribution < -0.4 is 9.47 Å². The summed E-state index contributed by atoms with van der Waals surface area (Å²) in [5.41, 5.74) is 1.58. The molecule has 4 aromatic heterocycles. The first-order valence-electron chi connectivity index (χ1n) is 14.6. The summed E-state index contributed by atoms with van der Waals surface area (Å²) < 4.78 is 69.6. The van der Waals surface area contributed by atoms with Gasteiger partial charge in [0.25, 0.3) is 0 Å². The molecular formula is C38H17F4N5O2PdPt. The van der Waals surface area contributed by atoms with Crippen molar-refractivity contribution in [3.05, 3.63) is 151 Å². The van der Waals surface area contributed by atoms with E-state index in [0.717, 1.165) is 35.3 Å². The van der Waals surface area contributed by atoms with E-state index in [4.69, 9.17) is 9.47 Å². The van der Waals surface area contributed by atoms with Gasteiger partial charge in [-0.05, 0) is 6.07 Å². The molecule has 0 saturated heterocycles. The summed E-state index contributed by atoms with van der Waals surface area (Å²) in [5, 5.41) is 1.58. The first-order chi connectivity index (χ1) is 23.9. The van der Waals surface area contributed by atoms with Crippen molar-refractivity contribution in [2.24, 2.45) is 0 Å². The number of pyridine rings is 2. The van der Waals surface area contributed by atoms with Gasteiger partial charge < -0.3 is 14.0 Å². The predicted octanol–water partition coefficient (Wildman–Crippen LogP) is 9.03. The fourth-order valence-electron chi connectivity index (χ4n) is 5.31. The van der Waals surface area contributed by atoms with E-state index in [2.05, 4.69) is 44.2 Å². The first kappa shape index (κ1) is 35.6. The van der Waals surface area contributed by atoms with Crippen LogP contribution in [0.2, 0.25) is 0 Å². The van der Waals surface area contributed by atoms with Crippen molar-refractivity contribution in [1.29, 1.82) is 0 Å². The van der Waals surface area contributed by atoms with Crippen molar-refractivity contribution in [2.75, 3.05) is 0 Å². The fraction of sp³-hybridized carbons (Fsp3) is 0. The quantitative estimate of drug-likeness (QED) is 0.0903. The molecule has 0 radical (unpaired) electrons. The van der Waals surface area contributed by atoms with Crippen molar-refractivity contribution in [1.82, 2.24) is 24.5 Å². The third kappa shape index (κ3) is 7.17. The molecule has 0 aliphatic carbocycles. The zero-order valence-corrected chi connectivity index (χ0v) is 29.3. The van der Waals surface area contributed by atoms with Gasteiger partial charge in [-0.3, -0.25) is 9.97 Å². The Morgan fingerprint density at radius 1 is 0.529 bits per heavy atom. The zero-order chi connectivity index (χ0) is 33.5. The molecule has 0 bridgehead atoms. The summed E-state index contributed by atoms with van der Waals surface area (Å²) in [6.07, 6.45) is 5.07. The maximum atomic E-state index is 14.4. The van der Waals surface area contributed by atoms with Crippen molar-refractivity contribution >= 4 is 21.8 Å². The topological polar surface area (TPSA) is 75.0 Å². The molecule has 0 fully saturated rings. The largest absolute Gasteiger partial charge is 2.00 e. The van der Waals surface area contributed by atoms with Crippen LogP contribution in [0.1, 0.15) is 0 Å². The van der Waals surface area contributed by atoms with Crippen LogP contribution in [0.5, 0.6) is 23.0 Å². The molecule has 4 heterocycles. The second-order valence-electron chi connectivity index (χ2n) is 10.6. The number of hydrogen-bond donors (Lipinski definition) is 0. The SMILES string of the molecule is Fc1cnc(-c2[c-]c(Oc3[c-]c4c(cc3)c3ccc(Oc5[c-]c(-c6ncc(F)cc6F)ccc5)[c-]c3n4-c3ncccn3)ccc2)c(F)c1.[Pd+2].[Pt+2]. The van der Waals surface area contributed by atoms with Gasteiger partial charge >= 0.3 is 41.5 Å². The molecule has 8 aromatic rings. The maximum absolute atomic E-state index is 14.4. The minimum Gasteiger partial charge on any atom is -0.503 e. The van der Waals surface area contributed by atoms with Gasteiger partial charge in [0.05, 0.1) is 12.4 Å². The molecule has 0 unspecified atom stereocenters. The Morgan fingerprint density at radius 3 is 1.43 bits per heavy atom. The summed E-state index contributed by atoms with van der Waals surface area (Å²) in [6.45, 7) is 0. The van der Waals surface area contributed by atoms with Gasteiger partial charge in [0.1, 0.15) is 23.3 Å². The molecule has 0 aliphatic rings. The second-order valence-corrected chi connectivity index (χ2v) is 10.6. The van der Waals surface area contributed by atoms with Crippen LogP contribution in [0.25, 0.3) is 50.3 Å². The molecule has 254 valence electrons. The summed E-state index contributed by atoms with van der Waals surface area (Å²) in [5.74, 6) is -1.72. The summed E-state index contributed by atoms with van der Waals surface area (Å²) >= 11 is 0. The van der Waals surface area contributed by atoms with Crippen LogP contribution in [-0.2, 0) is 41.5 Å². The minimum atomic E-state index is -0.822. The number of halogens is 4. The Balaban J connectivity index is 0.00000224. The van der Waals surface area contributed by atoms with Crippen LogP contribution in [0.4, 0.5) is 17.6 Å².